The monoisotopic (exact) mass is 282 g/mol. The standard InChI is InChI=1S/C9H9Cl3O2Si/c1-7(13)14-9-4-2-8(3-5-9)6-15(10,11)12/h2-5H,6H2,1H3. The lowest BCUT2D eigenvalue weighted by molar-refractivity contribution is -0.131. The molecule has 0 unspecified atom stereocenters. The molecule has 1 aromatic carbocycles. The summed E-state index contributed by atoms with van der Waals surface area (Å²) in [5, 5.41) is 0. The van der Waals surface area contributed by atoms with Crippen LogP contribution < -0.4 is 4.74 Å². The highest BCUT2D eigenvalue weighted by Gasteiger charge is 2.25. The van der Waals surface area contributed by atoms with E-state index in [1.807, 2.05) is 0 Å². The molecule has 0 aliphatic rings. The van der Waals surface area contributed by atoms with Crippen molar-refractivity contribution in [2.24, 2.45) is 0 Å². The second kappa shape index (κ2) is 5.21. The summed E-state index contributed by atoms with van der Waals surface area (Å²) >= 11 is 17.3. The van der Waals surface area contributed by atoms with Gasteiger partial charge in [0.15, 0.2) is 0 Å². The van der Waals surface area contributed by atoms with Gasteiger partial charge in [0.2, 0.25) is 0 Å². The summed E-state index contributed by atoms with van der Waals surface area (Å²) in [6.45, 7) is 1.35. The normalized spacial score (nSPS) is 11.2. The fourth-order valence-electron chi connectivity index (χ4n) is 1.07. The predicted octanol–water partition coefficient (Wildman–Crippen LogP) is 3.35. The lowest BCUT2D eigenvalue weighted by atomic mass is 10.2. The van der Waals surface area contributed by atoms with Gasteiger partial charge in [-0.15, -0.1) is 33.2 Å². The van der Waals surface area contributed by atoms with E-state index in [1.54, 1.807) is 24.3 Å². The zero-order valence-corrected chi connectivity index (χ0v) is 11.2. The molecule has 0 heterocycles. The minimum atomic E-state index is -2.64. The fourth-order valence-corrected chi connectivity index (χ4v) is 3.16. The number of carbonyl (C=O) groups excluding carboxylic acids is 1. The molecule has 0 atom stereocenters. The second-order valence-corrected chi connectivity index (χ2v) is 12.2. The molecule has 0 aliphatic heterocycles. The minimum Gasteiger partial charge on any atom is -0.427 e. The summed E-state index contributed by atoms with van der Waals surface area (Å²) in [5.74, 6) is 0.149. The van der Waals surface area contributed by atoms with E-state index in [4.69, 9.17) is 38.0 Å². The first-order valence-electron chi connectivity index (χ1n) is 4.21. The first-order valence-corrected chi connectivity index (χ1v) is 9.45. The summed E-state index contributed by atoms with van der Waals surface area (Å²) in [5.41, 5.74) is 0.928. The highest BCUT2D eigenvalue weighted by molar-refractivity contribution is 7.64. The molecule has 0 spiro atoms. The Bertz CT molecular complexity index is 345. The Hall–Kier alpha value is -0.223. The second-order valence-electron chi connectivity index (χ2n) is 3.03. The van der Waals surface area contributed by atoms with Gasteiger partial charge in [-0.25, -0.2) is 0 Å². The minimum absolute atomic E-state index is 0.349. The van der Waals surface area contributed by atoms with E-state index in [2.05, 4.69) is 0 Å². The van der Waals surface area contributed by atoms with Crippen molar-refractivity contribution in [3.8, 4) is 5.75 Å². The van der Waals surface area contributed by atoms with Gasteiger partial charge in [0.25, 0.3) is 0 Å². The Labute approximate surface area is 103 Å². The Morgan fingerprint density at radius 2 is 1.80 bits per heavy atom. The zero-order valence-electron chi connectivity index (χ0n) is 7.97. The van der Waals surface area contributed by atoms with Crippen LogP contribution in [0.25, 0.3) is 0 Å². The smallest absolute Gasteiger partial charge is 0.345 e. The fraction of sp³-hybridized carbons (Fsp3) is 0.222. The maximum Gasteiger partial charge on any atom is 0.345 e. The summed E-state index contributed by atoms with van der Waals surface area (Å²) in [4.78, 5) is 10.6. The van der Waals surface area contributed by atoms with Crippen LogP contribution in [0.1, 0.15) is 12.5 Å². The third-order valence-electron chi connectivity index (χ3n) is 1.59. The molecule has 0 bridgehead atoms. The van der Waals surface area contributed by atoms with E-state index in [9.17, 15) is 4.79 Å². The molecule has 6 heteroatoms. The van der Waals surface area contributed by atoms with Gasteiger partial charge < -0.3 is 4.74 Å². The van der Waals surface area contributed by atoms with E-state index in [-0.39, 0.29) is 5.97 Å². The van der Waals surface area contributed by atoms with Crippen LogP contribution >= 0.6 is 33.2 Å². The highest BCUT2D eigenvalue weighted by Crippen LogP contribution is 2.25. The summed E-state index contributed by atoms with van der Waals surface area (Å²) in [6, 6.07) is 4.75. The third kappa shape index (κ3) is 5.42. The molecule has 0 N–H and O–H groups in total. The number of ether oxygens (including phenoxy) is 1. The Balaban J connectivity index is 2.68. The lowest BCUT2D eigenvalue weighted by Gasteiger charge is -2.08. The number of esters is 1. The Morgan fingerprint density at radius 3 is 2.20 bits per heavy atom. The molecule has 1 aromatic rings. The number of rotatable bonds is 3. The third-order valence-corrected chi connectivity index (χ3v) is 3.60. The molecule has 1 rings (SSSR count). The summed E-state index contributed by atoms with van der Waals surface area (Å²) in [7, 11) is 0. The van der Waals surface area contributed by atoms with Gasteiger partial charge in [-0.2, -0.15) is 0 Å². The molecular weight excluding hydrogens is 275 g/mol. The van der Waals surface area contributed by atoms with Crippen LogP contribution in [0.2, 0.25) is 0 Å². The predicted molar refractivity (Wildman–Crippen MR) is 64.8 cm³/mol. The Morgan fingerprint density at radius 1 is 1.27 bits per heavy atom. The first kappa shape index (κ1) is 12.8. The maximum atomic E-state index is 10.6. The van der Waals surface area contributed by atoms with Crippen LogP contribution in [0.3, 0.4) is 0 Å². The number of benzene rings is 1. The summed E-state index contributed by atoms with van der Waals surface area (Å²) < 4.78 is 4.87. The molecule has 0 saturated carbocycles. The van der Waals surface area contributed by atoms with Gasteiger partial charge in [0.1, 0.15) is 5.75 Å². The number of hydrogen-bond acceptors (Lipinski definition) is 2. The quantitative estimate of drug-likeness (QED) is 0.368. The average Bonchev–Trinajstić information content (AvgIpc) is 2.05. The van der Waals surface area contributed by atoms with Gasteiger partial charge in [-0.1, -0.05) is 12.1 Å². The van der Waals surface area contributed by atoms with Crippen molar-refractivity contribution in [3.63, 3.8) is 0 Å². The van der Waals surface area contributed by atoms with E-state index in [1.165, 1.54) is 6.92 Å². The van der Waals surface area contributed by atoms with E-state index >= 15 is 0 Å². The van der Waals surface area contributed by atoms with Crippen molar-refractivity contribution < 1.29 is 9.53 Å². The molecular formula is C9H9Cl3O2Si. The lowest BCUT2D eigenvalue weighted by Crippen LogP contribution is -2.14. The van der Waals surface area contributed by atoms with Crippen molar-refractivity contribution in [3.05, 3.63) is 29.8 Å². The zero-order chi connectivity index (χ0) is 11.5. The van der Waals surface area contributed by atoms with Crippen LogP contribution in [-0.2, 0) is 10.8 Å². The SMILES string of the molecule is CC(=O)Oc1ccc(C[Si](Cl)(Cl)Cl)cc1. The van der Waals surface area contributed by atoms with Crippen molar-refractivity contribution in [1.82, 2.24) is 0 Å². The van der Waals surface area contributed by atoms with E-state index in [0.717, 1.165) is 5.56 Å². The molecule has 0 aromatic heterocycles. The molecule has 2 nitrogen and oxygen atoms in total. The van der Waals surface area contributed by atoms with Crippen LogP contribution in [0.15, 0.2) is 24.3 Å². The molecule has 0 saturated heterocycles. The number of hydrogen-bond donors (Lipinski definition) is 0. The van der Waals surface area contributed by atoms with Crippen molar-refractivity contribution in [2.75, 3.05) is 0 Å². The van der Waals surface area contributed by atoms with Crippen molar-refractivity contribution in [2.45, 2.75) is 13.0 Å². The van der Waals surface area contributed by atoms with Gasteiger partial charge in [0, 0.05) is 13.0 Å². The van der Waals surface area contributed by atoms with E-state index in [0.29, 0.717) is 11.8 Å². The van der Waals surface area contributed by atoms with Crippen LogP contribution in [0.4, 0.5) is 0 Å². The maximum absolute atomic E-state index is 10.6. The largest absolute Gasteiger partial charge is 0.427 e. The molecule has 15 heavy (non-hydrogen) atoms. The summed E-state index contributed by atoms with van der Waals surface area (Å²) in [6.07, 6.45) is 0. The van der Waals surface area contributed by atoms with E-state index < -0.39 is 6.00 Å². The molecule has 82 valence electrons. The van der Waals surface area contributed by atoms with Crippen LogP contribution in [0, 0.1) is 0 Å². The molecule has 0 aliphatic carbocycles. The molecule has 0 amide bonds. The van der Waals surface area contributed by atoms with Gasteiger partial charge in [-0.3, -0.25) is 4.79 Å². The van der Waals surface area contributed by atoms with Crippen molar-refractivity contribution in [1.29, 1.82) is 0 Å². The topological polar surface area (TPSA) is 26.3 Å². The Kier molecular flexibility index (Phi) is 4.46. The van der Waals surface area contributed by atoms with Gasteiger partial charge in [0.05, 0.1) is 0 Å². The first-order chi connectivity index (χ1) is 6.87. The van der Waals surface area contributed by atoms with Crippen molar-refractivity contribution >= 4 is 45.2 Å². The van der Waals surface area contributed by atoms with Gasteiger partial charge >= 0.3 is 12.0 Å². The van der Waals surface area contributed by atoms with Gasteiger partial charge in [-0.05, 0) is 17.7 Å². The molecule has 0 radical (unpaired) electrons. The van der Waals surface area contributed by atoms with Crippen LogP contribution in [0.5, 0.6) is 5.75 Å². The molecule has 0 fully saturated rings. The number of halogens is 3. The average molecular weight is 284 g/mol. The number of carbonyl (C=O) groups is 1. The highest BCUT2D eigenvalue weighted by atomic mass is 35.8. The van der Waals surface area contributed by atoms with Crippen LogP contribution in [-0.4, -0.2) is 12.0 Å².